The van der Waals surface area contributed by atoms with Crippen molar-refractivity contribution >= 4 is 28.9 Å². The van der Waals surface area contributed by atoms with E-state index in [1.54, 1.807) is 24.3 Å². The lowest BCUT2D eigenvalue weighted by molar-refractivity contribution is -0.139. The van der Waals surface area contributed by atoms with E-state index < -0.39 is 24.6 Å². The molecule has 152 valence electrons. The topological polar surface area (TPSA) is 106 Å². The number of rotatable bonds is 6. The van der Waals surface area contributed by atoms with E-state index in [-0.39, 0.29) is 6.61 Å². The van der Waals surface area contributed by atoms with Gasteiger partial charge in [-0.3, -0.25) is 4.79 Å². The van der Waals surface area contributed by atoms with Crippen LogP contribution < -0.4 is 19.6 Å². The van der Waals surface area contributed by atoms with Crippen LogP contribution in [0, 0.1) is 0 Å². The summed E-state index contributed by atoms with van der Waals surface area (Å²) >= 11 is 0. The second-order valence-electron chi connectivity index (χ2n) is 6.52. The summed E-state index contributed by atoms with van der Waals surface area (Å²) in [7, 11) is 0. The molecule has 2 N–H and O–H groups in total. The average molecular weight is 406 g/mol. The Morgan fingerprint density at radius 2 is 1.80 bits per heavy atom. The smallest absolute Gasteiger partial charge is 0.341 e. The Kier molecular flexibility index (Phi) is 5.47. The van der Waals surface area contributed by atoms with E-state index in [4.69, 9.17) is 19.3 Å². The molecule has 8 nitrogen and oxygen atoms in total. The number of nitrogens with zero attached hydrogens (tertiary/aromatic N) is 1. The molecule has 4 rings (SSSR count). The third kappa shape index (κ3) is 4.33. The summed E-state index contributed by atoms with van der Waals surface area (Å²) in [5.74, 6) is -0.121. The molecule has 0 bridgehead atoms. The van der Waals surface area contributed by atoms with Gasteiger partial charge >= 0.3 is 5.97 Å². The third-order valence-electron chi connectivity index (χ3n) is 4.41. The van der Waals surface area contributed by atoms with Crippen LogP contribution in [0.4, 0.5) is 0 Å². The predicted octanol–water partition coefficient (Wildman–Crippen LogP) is 2.59. The summed E-state index contributed by atoms with van der Waals surface area (Å²) in [6.07, 6.45) is 0.523. The number of hydrogen-bond donors (Lipinski definition) is 2. The van der Waals surface area contributed by atoms with E-state index in [1.807, 2.05) is 36.4 Å². The number of para-hydroxylation sites is 1. The molecule has 3 aromatic rings. The highest BCUT2D eigenvalue weighted by atomic mass is 16.6. The number of carboxylic acids is 1. The standard InChI is InChI=1S/C22H18N2O6/c25-21(26)13-29-17-8-4-3-7-16(17)11-23-24-22(27)20-12-28-18-9-14-5-1-2-6-15(14)10-19(18)30-20/h1-11,20H,12-13H2,(H,24,27)(H,25,26)/b23-11+/t20-/m0/s1. The SMILES string of the molecule is O=C(O)COc1ccccc1/C=N/NC(=O)[C@@H]1COc2cc3ccccc3cc2O1. The first-order chi connectivity index (χ1) is 14.6. The van der Waals surface area contributed by atoms with Gasteiger partial charge in [-0.25, -0.2) is 10.2 Å². The maximum atomic E-state index is 12.4. The normalized spacial score (nSPS) is 15.1. The van der Waals surface area contributed by atoms with Crippen molar-refractivity contribution in [3.05, 3.63) is 66.2 Å². The van der Waals surface area contributed by atoms with Gasteiger partial charge in [0.25, 0.3) is 5.91 Å². The number of carbonyl (C=O) groups is 2. The van der Waals surface area contributed by atoms with Crippen molar-refractivity contribution in [1.29, 1.82) is 0 Å². The quantitative estimate of drug-likeness (QED) is 0.481. The van der Waals surface area contributed by atoms with Crippen LogP contribution in [-0.2, 0) is 9.59 Å². The van der Waals surface area contributed by atoms with Gasteiger partial charge in [-0.1, -0.05) is 36.4 Å². The van der Waals surface area contributed by atoms with Crippen molar-refractivity contribution in [2.75, 3.05) is 13.2 Å². The molecule has 0 aromatic heterocycles. The fourth-order valence-electron chi connectivity index (χ4n) is 2.98. The zero-order valence-corrected chi connectivity index (χ0v) is 15.8. The van der Waals surface area contributed by atoms with Crippen molar-refractivity contribution in [3.8, 4) is 17.2 Å². The van der Waals surface area contributed by atoms with Crippen LogP contribution in [0.1, 0.15) is 5.56 Å². The van der Waals surface area contributed by atoms with Crippen LogP contribution in [-0.4, -0.2) is 42.5 Å². The summed E-state index contributed by atoms with van der Waals surface area (Å²) < 4.78 is 16.7. The Morgan fingerprint density at radius 3 is 2.57 bits per heavy atom. The minimum Gasteiger partial charge on any atom is -0.485 e. The molecule has 1 heterocycles. The molecule has 1 atom stereocenters. The Morgan fingerprint density at radius 1 is 1.10 bits per heavy atom. The third-order valence-corrected chi connectivity index (χ3v) is 4.41. The number of fused-ring (bicyclic) bond motifs is 2. The van der Waals surface area contributed by atoms with Crippen molar-refractivity contribution in [3.63, 3.8) is 0 Å². The number of benzene rings is 3. The van der Waals surface area contributed by atoms with E-state index >= 15 is 0 Å². The van der Waals surface area contributed by atoms with Crippen molar-refractivity contribution in [2.24, 2.45) is 5.10 Å². The van der Waals surface area contributed by atoms with Crippen molar-refractivity contribution < 1.29 is 28.9 Å². The fourth-order valence-corrected chi connectivity index (χ4v) is 2.98. The lowest BCUT2D eigenvalue weighted by Crippen LogP contribution is -2.42. The average Bonchev–Trinajstić information content (AvgIpc) is 2.76. The molecule has 1 aliphatic heterocycles. The predicted molar refractivity (Wildman–Crippen MR) is 109 cm³/mol. The zero-order valence-electron chi connectivity index (χ0n) is 15.8. The Balaban J connectivity index is 1.41. The van der Waals surface area contributed by atoms with Gasteiger partial charge in [0.15, 0.2) is 18.1 Å². The molecule has 1 amide bonds. The monoisotopic (exact) mass is 406 g/mol. The molecule has 0 saturated carbocycles. The number of nitrogens with one attached hydrogen (secondary N) is 1. The lowest BCUT2D eigenvalue weighted by atomic mass is 10.1. The maximum Gasteiger partial charge on any atom is 0.341 e. The molecular weight excluding hydrogens is 388 g/mol. The summed E-state index contributed by atoms with van der Waals surface area (Å²) in [5.41, 5.74) is 2.94. The molecule has 1 aliphatic rings. The van der Waals surface area contributed by atoms with Gasteiger partial charge in [-0.15, -0.1) is 0 Å². The minimum absolute atomic E-state index is 0.0605. The first-order valence-electron chi connectivity index (χ1n) is 9.19. The van der Waals surface area contributed by atoms with Gasteiger partial charge in [0.05, 0.1) is 6.21 Å². The van der Waals surface area contributed by atoms with Crippen molar-refractivity contribution in [2.45, 2.75) is 6.10 Å². The number of carbonyl (C=O) groups excluding carboxylic acids is 1. The molecular formula is C22H18N2O6. The summed E-state index contributed by atoms with van der Waals surface area (Å²) in [6, 6.07) is 18.3. The van der Waals surface area contributed by atoms with Gasteiger partial charge in [-0.2, -0.15) is 5.10 Å². The summed E-state index contributed by atoms with van der Waals surface area (Å²) in [4.78, 5) is 23.1. The number of hydrogen-bond acceptors (Lipinski definition) is 6. The van der Waals surface area contributed by atoms with Gasteiger partial charge < -0.3 is 19.3 Å². The molecule has 8 heteroatoms. The Bertz CT molecular complexity index is 1130. The highest BCUT2D eigenvalue weighted by molar-refractivity contribution is 5.88. The van der Waals surface area contributed by atoms with Gasteiger partial charge in [0.2, 0.25) is 6.10 Å². The highest BCUT2D eigenvalue weighted by Crippen LogP contribution is 2.35. The van der Waals surface area contributed by atoms with E-state index in [1.165, 1.54) is 6.21 Å². The number of aliphatic carboxylic acids is 1. The number of hydrazone groups is 1. The Hall–Kier alpha value is -4.07. The number of carboxylic acid groups (broad SMARTS) is 1. The van der Waals surface area contributed by atoms with Crippen LogP contribution >= 0.6 is 0 Å². The molecule has 0 fully saturated rings. The second kappa shape index (κ2) is 8.52. The first kappa shape index (κ1) is 19.3. The van der Waals surface area contributed by atoms with Gasteiger partial charge in [-0.05, 0) is 35.0 Å². The van der Waals surface area contributed by atoms with Gasteiger partial charge in [0.1, 0.15) is 12.4 Å². The first-order valence-corrected chi connectivity index (χ1v) is 9.19. The summed E-state index contributed by atoms with van der Waals surface area (Å²) in [5, 5.41) is 14.7. The van der Waals surface area contributed by atoms with E-state index in [2.05, 4.69) is 10.5 Å². The van der Waals surface area contributed by atoms with Crippen LogP contribution in [0.15, 0.2) is 65.8 Å². The molecule has 0 unspecified atom stereocenters. The maximum absolute atomic E-state index is 12.4. The number of amides is 1. The molecule has 0 spiro atoms. The largest absolute Gasteiger partial charge is 0.485 e. The van der Waals surface area contributed by atoms with Crippen molar-refractivity contribution in [1.82, 2.24) is 5.43 Å². The molecule has 0 radical (unpaired) electrons. The van der Waals surface area contributed by atoms with Crippen LogP contribution in [0.3, 0.4) is 0 Å². The molecule has 0 saturated heterocycles. The van der Waals surface area contributed by atoms with Crippen LogP contribution in [0.5, 0.6) is 17.2 Å². The zero-order chi connectivity index (χ0) is 20.9. The van der Waals surface area contributed by atoms with E-state index in [9.17, 15) is 9.59 Å². The lowest BCUT2D eigenvalue weighted by Gasteiger charge is -2.25. The van der Waals surface area contributed by atoms with E-state index in [0.29, 0.717) is 22.8 Å². The molecule has 3 aromatic carbocycles. The minimum atomic E-state index is -1.09. The van der Waals surface area contributed by atoms with E-state index in [0.717, 1.165) is 10.8 Å². The Labute approximate surface area is 171 Å². The number of ether oxygens (including phenoxy) is 3. The van der Waals surface area contributed by atoms with Crippen LogP contribution in [0.2, 0.25) is 0 Å². The van der Waals surface area contributed by atoms with Crippen LogP contribution in [0.25, 0.3) is 10.8 Å². The second-order valence-corrected chi connectivity index (χ2v) is 6.52. The molecule has 30 heavy (non-hydrogen) atoms. The highest BCUT2D eigenvalue weighted by Gasteiger charge is 2.27. The molecule has 0 aliphatic carbocycles. The summed E-state index contributed by atoms with van der Waals surface area (Å²) in [6.45, 7) is -0.413. The van der Waals surface area contributed by atoms with Gasteiger partial charge in [0, 0.05) is 5.56 Å². The fraction of sp³-hybridized carbons (Fsp3) is 0.136.